The normalized spacial score (nSPS) is 22.7. The van der Waals surface area contributed by atoms with E-state index in [4.69, 9.17) is 0 Å². The third-order valence-corrected chi connectivity index (χ3v) is 2.74. The van der Waals surface area contributed by atoms with Crippen LogP contribution in [0.25, 0.3) is 0 Å². The van der Waals surface area contributed by atoms with E-state index in [1.54, 1.807) is 6.92 Å². The number of rotatable bonds is 2. The van der Waals surface area contributed by atoms with E-state index in [1.165, 1.54) is 18.9 Å². The Kier molecular flexibility index (Phi) is 3.44. The summed E-state index contributed by atoms with van der Waals surface area (Å²) in [5.41, 5.74) is 0. The van der Waals surface area contributed by atoms with Crippen molar-refractivity contribution in [3.05, 3.63) is 0 Å². The number of esters is 1. The predicted molar refractivity (Wildman–Crippen MR) is 51.7 cm³/mol. The van der Waals surface area contributed by atoms with Crippen molar-refractivity contribution in [1.82, 2.24) is 4.90 Å². The molecule has 84 valence electrons. The average molecular weight is 213 g/mol. The molecule has 1 saturated heterocycles. The summed E-state index contributed by atoms with van der Waals surface area (Å²) in [5, 5.41) is 0. The number of carbonyl (C=O) groups is 3. The predicted octanol–water partition coefficient (Wildman–Crippen LogP) is 0.333. The molecule has 1 fully saturated rings. The highest BCUT2D eigenvalue weighted by Crippen LogP contribution is 2.25. The van der Waals surface area contributed by atoms with E-state index in [9.17, 15) is 14.4 Å². The highest BCUT2D eigenvalue weighted by Gasteiger charge is 2.40. The minimum absolute atomic E-state index is 0.205. The van der Waals surface area contributed by atoms with Crippen LogP contribution < -0.4 is 0 Å². The fraction of sp³-hybridized carbons (Fsp3) is 0.700. The molecule has 0 aliphatic carbocycles. The van der Waals surface area contributed by atoms with Crippen LogP contribution in [0.1, 0.15) is 26.7 Å². The van der Waals surface area contributed by atoms with Crippen molar-refractivity contribution in [1.29, 1.82) is 0 Å². The van der Waals surface area contributed by atoms with Crippen molar-refractivity contribution in [2.24, 2.45) is 5.92 Å². The first-order valence-corrected chi connectivity index (χ1v) is 4.89. The number of likely N-dealkylation sites (tertiary alicyclic amines) is 1. The van der Waals surface area contributed by atoms with Crippen LogP contribution in [-0.2, 0) is 19.1 Å². The van der Waals surface area contributed by atoms with Crippen LogP contribution in [0.15, 0.2) is 0 Å². The Hall–Kier alpha value is -1.39. The zero-order valence-corrected chi connectivity index (χ0v) is 9.15. The Balaban J connectivity index is 2.81. The first kappa shape index (κ1) is 11.7. The number of hydrogen-bond acceptors (Lipinski definition) is 4. The van der Waals surface area contributed by atoms with Gasteiger partial charge in [-0.1, -0.05) is 0 Å². The quantitative estimate of drug-likeness (QED) is 0.620. The molecule has 0 aromatic rings. The van der Waals surface area contributed by atoms with Gasteiger partial charge in [-0.3, -0.25) is 19.3 Å². The molecule has 1 rings (SSSR count). The summed E-state index contributed by atoms with van der Waals surface area (Å²) in [6, 6.07) is -0.345. The molecule has 5 heteroatoms. The van der Waals surface area contributed by atoms with Gasteiger partial charge in [0, 0.05) is 13.3 Å². The molecular formula is C10H15NO4. The van der Waals surface area contributed by atoms with Crippen LogP contribution in [0.5, 0.6) is 0 Å². The smallest absolute Gasteiger partial charge is 0.310 e. The van der Waals surface area contributed by atoms with Crippen molar-refractivity contribution in [2.75, 3.05) is 7.11 Å². The summed E-state index contributed by atoms with van der Waals surface area (Å²) < 4.78 is 4.60. The molecule has 0 saturated carbocycles. The number of amides is 2. The van der Waals surface area contributed by atoms with Crippen LogP contribution in [0.2, 0.25) is 0 Å². The molecule has 0 aromatic heterocycles. The molecule has 1 aliphatic heterocycles. The molecule has 1 aliphatic rings. The van der Waals surface area contributed by atoms with Crippen LogP contribution in [0.4, 0.5) is 0 Å². The van der Waals surface area contributed by atoms with Crippen LogP contribution in [-0.4, -0.2) is 35.8 Å². The fourth-order valence-corrected chi connectivity index (χ4v) is 1.93. The molecule has 0 spiro atoms. The molecule has 0 unspecified atom stereocenters. The molecule has 5 nitrogen and oxygen atoms in total. The van der Waals surface area contributed by atoms with Crippen molar-refractivity contribution in [3.8, 4) is 0 Å². The first-order chi connectivity index (χ1) is 6.99. The van der Waals surface area contributed by atoms with Crippen molar-refractivity contribution in [3.63, 3.8) is 0 Å². The fourth-order valence-electron chi connectivity index (χ4n) is 1.93. The summed E-state index contributed by atoms with van der Waals surface area (Å²) >= 11 is 0. The summed E-state index contributed by atoms with van der Waals surface area (Å²) in [5.74, 6) is -1.35. The maximum atomic E-state index is 11.4. The van der Waals surface area contributed by atoms with Gasteiger partial charge in [0.25, 0.3) is 0 Å². The third-order valence-electron chi connectivity index (χ3n) is 2.74. The number of nitrogens with zero attached hydrogens (tertiary/aromatic N) is 1. The first-order valence-electron chi connectivity index (χ1n) is 4.89. The highest BCUT2D eigenvalue weighted by atomic mass is 16.5. The van der Waals surface area contributed by atoms with Crippen molar-refractivity contribution >= 4 is 17.8 Å². The van der Waals surface area contributed by atoms with Crippen LogP contribution in [0.3, 0.4) is 0 Å². The second kappa shape index (κ2) is 4.42. The van der Waals surface area contributed by atoms with Crippen molar-refractivity contribution in [2.45, 2.75) is 32.7 Å². The standard InChI is InChI=1S/C10H15NO4/c1-6(10(14)15-3)8-4-5-9(13)11(8)7(2)12/h6,8H,4-5H2,1-3H3/t6-,8+/m0/s1. The lowest BCUT2D eigenvalue weighted by molar-refractivity contribution is -0.150. The Morgan fingerprint density at radius 3 is 2.60 bits per heavy atom. The van der Waals surface area contributed by atoms with Gasteiger partial charge in [0.15, 0.2) is 0 Å². The Morgan fingerprint density at radius 2 is 2.13 bits per heavy atom. The van der Waals surface area contributed by atoms with Gasteiger partial charge in [0.2, 0.25) is 11.8 Å². The van der Waals surface area contributed by atoms with Gasteiger partial charge < -0.3 is 4.74 Å². The Labute approximate surface area is 88.4 Å². The lowest BCUT2D eigenvalue weighted by atomic mass is 10.00. The average Bonchev–Trinajstić information content (AvgIpc) is 2.57. The summed E-state index contributed by atoms with van der Waals surface area (Å²) in [6.07, 6.45) is 0.861. The molecule has 15 heavy (non-hydrogen) atoms. The number of ether oxygens (including phenoxy) is 1. The third kappa shape index (κ3) is 2.16. The minimum atomic E-state index is -0.453. The molecule has 0 N–H and O–H groups in total. The monoisotopic (exact) mass is 213 g/mol. The number of imide groups is 1. The molecule has 0 aromatic carbocycles. The van der Waals surface area contributed by atoms with Gasteiger partial charge in [0.1, 0.15) is 0 Å². The van der Waals surface area contributed by atoms with Crippen molar-refractivity contribution < 1.29 is 19.1 Å². The lowest BCUT2D eigenvalue weighted by Gasteiger charge is -2.25. The van der Waals surface area contributed by atoms with Gasteiger partial charge >= 0.3 is 5.97 Å². The Morgan fingerprint density at radius 1 is 1.53 bits per heavy atom. The van der Waals surface area contributed by atoms with E-state index in [2.05, 4.69) is 4.74 Å². The van der Waals surface area contributed by atoms with Gasteiger partial charge in [0.05, 0.1) is 19.1 Å². The van der Waals surface area contributed by atoms with Gasteiger partial charge in [-0.2, -0.15) is 0 Å². The lowest BCUT2D eigenvalue weighted by Crippen LogP contribution is -2.43. The second-order valence-electron chi connectivity index (χ2n) is 3.70. The number of carbonyl (C=O) groups excluding carboxylic acids is 3. The molecule has 0 radical (unpaired) electrons. The maximum Gasteiger partial charge on any atom is 0.310 e. The zero-order valence-electron chi connectivity index (χ0n) is 9.15. The minimum Gasteiger partial charge on any atom is -0.469 e. The van der Waals surface area contributed by atoms with Crippen LogP contribution >= 0.6 is 0 Å². The van der Waals surface area contributed by atoms with E-state index < -0.39 is 5.92 Å². The summed E-state index contributed by atoms with van der Waals surface area (Å²) in [7, 11) is 1.30. The van der Waals surface area contributed by atoms with Gasteiger partial charge in [-0.15, -0.1) is 0 Å². The van der Waals surface area contributed by atoms with E-state index in [0.29, 0.717) is 12.8 Å². The summed E-state index contributed by atoms with van der Waals surface area (Å²) in [4.78, 5) is 35.1. The molecule has 0 bridgehead atoms. The zero-order chi connectivity index (χ0) is 11.6. The number of methoxy groups -OCH3 is 1. The second-order valence-corrected chi connectivity index (χ2v) is 3.70. The van der Waals surface area contributed by atoms with Gasteiger partial charge in [-0.25, -0.2) is 0 Å². The Bertz CT molecular complexity index is 300. The largest absolute Gasteiger partial charge is 0.469 e. The molecule has 2 amide bonds. The van der Waals surface area contributed by atoms with E-state index in [-0.39, 0.29) is 23.8 Å². The molecule has 1 heterocycles. The topological polar surface area (TPSA) is 63.7 Å². The number of hydrogen-bond donors (Lipinski definition) is 0. The van der Waals surface area contributed by atoms with Gasteiger partial charge in [-0.05, 0) is 13.3 Å². The van der Waals surface area contributed by atoms with Crippen LogP contribution in [0, 0.1) is 5.92 Å². The molecule has 2 atom stereocenters. The maximum absolute atomic E-state index is 11.4. The highest BCUT2D eigenvalue weighted by molar-refractivity contribution is 5.96. The van der Waals surface area contributed by atoms with E-state index in [1.807, 2.05) is 0 Å². The summed E-state index contributed by atoms with van der Waals surface area (Å²) in [6.45, 7) is 3.01. The van der Waals surface area contributed by atoms with E-state index >= 15 is 0 Å². The molecular weight excluding hydrogens is 198 g/mol. The SMILES string of the molecule is COC(=O)[C@@H](C)[C@H]1CCC(=O)N1C(C)=O. The van der Waals surface area contributed by atoms with E-state index in [0.717, 1.165) is 0 Å².